The van der Waals surface area contributed by atoms with Crippen LogP contribution < -0.4 is 5.32 Å². The smallest absolute Gasteiger partial charge is 0.0484 e. The molecule has 0 fully saturated rings. The summed E-state index contributed by atoms with van der Waals surface area (Å²) >= 11 is 6.11. The van der Waals surface area contributed by atoms with E-state index in [-0.39, 0.29) is 0 Å². The minimum Gasteiger partial charge on any atom is -0.343 e. The van der Waals surface area contributed by atoms with Gasteiger partial charge in [0.2, 0.25) is 0 Å². The summed E-state index contributed by atoms with van der Waals surface area (Å²) in [6, 6.07) is 19.6. The molecule has 1 aliphatic heterocycles. The van der Waals surface area contributed by atoms with Crippen LogP contribution in [-0.4, -0.2) is 10.6 Å². The van der Waals surface area contributed by atoms with Crippen molar-refractivity contribution < 1.29 is 0 Å². The Bertz CT molecular complexity index is 792. The number of halogens is 1. The predicted molar refractivity (Wildman–Crippen MR) is 92.3 cm³/mol. The number of nitrogens with one attached hydrogen (secondary N) is 1. The second-order valence-corrected chi connectivity index (χ2v) is 6.49. The molecule has 1 aromatic heterocycles. The lowest BCUT2D eigenvalue weighted by molar-refractivity contribution is 0.389. The molecular formula is C19H19ClN2. The molecule has 2 nitrogen and oxygen atoms in total. The molecule has 0 aliphatic carbocycles. The lowest BCUT2D eigenvalue weighted by Crippen LogP contribution is -2.36. The summed E-state index contributed by atoms with van der Waals surface area (Å²) in [6.07, 6.45) is 2.32. The van der Waals surface area contributed by atoms with Gasteiger partial charge in [-0.3, -0.25) is 0 Å². The van der Waals surface area contributed by atoms with Crippen LogP contribution in [0.15, 0.2) is 54.6 Å². The zero-order chi connectivity index (χ0) is 14.9. The molecule has 0 amide bonds. The number of benzene rings is 2. The summed E-state index contributed by atoms with van der Waals surface area (Å²) in [7, 11) is 0. The van der Waals surface area contributed by atoms with Gasteiger partial charge in [0.05, 0.1) is 0 Å². The normalized spacial score (nSPS) is 17.6. The summed E-state index contributed by atoms with van der Waals surface area (Å²) < 4.78 is 2.44. The summed E-state index contributed by atoms with van der Waals surface area (Å²) in [5.74, 6) is 0. The molecule has 2 aromatic carbocycles. The fourth-order valence-corrected chi connectivity index (χ4v) is 3.56. The number of hydrogen-bond donors (Lipinski definition) is 1. The van der Waals surface area contributed by atoms with Crippen molar-refractivity contribution in [1.29, 1.82) is 0 Å². The molecule has 1 unspecified atom stereocenters. The van der Waals surface area contributed by atoms with Crippen LogP contribution >= 0.6 is 11.6 Å². The Morgan fingerprint density at radius 2 is 1.95 bits per heavy atom. The quantitative estimate of drug-likeness (QED) is 0.758. The molecule has 0 spiro atoms. The van der Waals surface area contributed by atoms with Gasteiger partial charge in [-0.1, -0.05) is 41.9 Å². The van der Waals surface area contributed by atoms with Gasteiger partial charge in [0.15, 0.2) is 0 Å². The zero-order valence-electron chi connectivity index (χ0n) is 12.4. The number of aromatic nitrogens is 1. The molecule has 0 saturated heterocycles. The molecule has 4 rings (SSSR count). The Morgan fingerprint density at radius 3 is 2.82 bits per heavy atom. The molecule has 3 heteroatoms. The first-order valence-corrected chi connectivity index (χ1v) is 8.22. The first kappa shape index (κ1) is 13.9. The van der Waals surface area contributed by atoms with E-state index in [9.17, 15) is 0 Å². The average Bonchev–Trinajstić information content (AvgIpc) is 2.90. The third kappa shape index (κ3) is 2.65. The van der Waals surface area contributed by atoms with Gasteiger partial charge in [-0.2, -0.15) is 0 Å². The molecule has 1 N–H and O–H groups in total. The Kier molecular flexibility index (Phi) is 3.65. The topological polar surface area (TPSA) is 17.0 Å². The van der Waals surface area contributed by atoms with Gasteiger partial charge in [-0.05, 0) is 42.7 Å². The second kappa shape index (κ2) is 5.79. The number of fused-ring (bicyclic) bond motifs is 3. The van der Waals surface area contributed by atoms with Gasteiger partial charge >= 0.3 is 0 Å². The molecule has 0 bridgehead atoms. The minimum absolute atomic E-state index is 0.527. The van der Waals surface area contributed by atoms with Crippen molar-refractivity contribution in [1.82, 2.24) is 9.88 Å². The fourth-order valence-electron chi connectivity index (χ4n) is 3.38. The SMILES string of the molecule is Clc1ccc2c(c1)cc1n2CC(NCc2ccccc2)CC1. The molecule has 2 heterocycles. The summed E-state index contributed by atoms with van der Waals surface area (Å²) in [6.45, 7) is 1.97. The van der Waals surface area contributed by atoms with Crippen molar-refractivity contribution in [3.8, 4) is 0 Å². The highest BCUT2D eigenvalue weighted by Gasteiger charge is 2.20. The first-order chi connectivity index (χ1) is 10.8. The van der Waals surface area contributed by atoms with Gasteiger partial charge in [-0.15, -0.1) is 0 Å². The molecule has 0 saturated carbocycles. The highest BCUT2D eigenvalue weighted by Crippen LogP contribution is 2.27. The van der Waals surface area contributed by atoms with Crippen molar-refractivity contribution in [2.24, 2.45) is 0 Å². The van der Waals surface area contributed by atoms with E-state index >= 15 is 0 Å². The molecule has 3 aromatic rings. The van der Waals surface area contributed by atoms with E-state index in [0.29, 0.717) is 6.04 Å². The van der Waals surface area contributed by atoms with Crippen LogP contribution in [0.5, 0.6) is 0 Å². The average molecular weight is 311 g/mol. The maximum atomic E-state index is 6.11. The second-order valence-electron chi connectivity index (χ2n) is 6.05. The van der Waals surface area contributed by atoms with Crippen molar-refractivity contribution in [3.05, 3.63) is 70.9 Å². The molecule has 112 valence electrons. The van der Waals surface area contributed by atoms with Crippen molar-refractivity contribution >= 4 is 22.5 Å². The maximum absolute atomic E-state index is 6.11. The van der Waals surface area contributed by atoms with Crippen LogP contribution in [0.25, 0.3) is 10.9 Å². The largest absolute Gasteiger partial charge is 0.343 e. The molecule has 1 aliphatic rings. The Morgan fingerprint density at radius 1 is 1.09 bits per heavy atom. The van der Waals surface area contributed by atoms with Crippen molar-refractivity contribution in [3.63, 3.8) is 0 Å². The van der Waals surface area contributed by atoms with Gasteiger partial charge in [0, 0.05) is 40.8 Å². The Labute approximate surface area is 135 Å². The third-order valence-electron chi connectivity index (χ3n) is 4.54. The summed E-state index contributed by atoms with van der Waals surface area (Å²) in [4.78, 5) is 0. The Balaban J connectivity index is 1.52. The number of hydrogen-bond acceptors (Lipinski definition) is 1. The first-order valence-electron chi connectivity index (χ1n) is 7.84. The zero-order valence-corrected chi connectivity index (χ0v) is 13.2. The van der Waals surface area contributed by atoms with E-state index in [4.69, 9.17) is 11.6 Å². The number of nitrogens with zero attached hydrogens (tertiary/aromatic N) is 1. The van der Waals surface area contributed by atoms with Crippen LogP contribution in [0, 0.1) is 0 Å². The van der Waals surface area contributed by atoms with E-state index < -0.39 is 0 Å². The lowest BCUT2D eigenvalue weighted by Gasteiger charge is -2.26. The van der Waals surface area contributed by atoms with Crippen molar-refractivity contribution in [2.75, 3.05) is 0 Å². The maximum Gasteiger partial charge on any atom is 0.0484 e. The van der Waals surface area contributed by atoms with Gasteiger partial charge in [0.1, 0.15) is 0 Å². The molecule has 1 atom stereocenters. The lowest BCUT2D eigenvalue weighted by atomic mass is 10.0. The van der Waals surface area contributed by atoms with Gasteiger partial charge in [0.25, 0.3) is 0 Å². The van der Waals surface area contributed by atoms with E-state index in [1.54, 1.807) is 0 Å². The van der Waals surface area contributed by atoms with Gasteiger partial charge < -0.3 is 9.88 Å². The summed E-state index contributed by atoms with van der Waals surface area (Å²) in [5, 5.41) is 5.77. The predicted octanol–water partition coefficient (Wildman–Crippen LogP) is 4.40. The third-order valence-corrected chi connectivity index (χ3v) is 4.77. The molecule has 22 heavy (non-hydrogen) atoms. The van der Waals surface area contributed by atoms with Gasteiger partial charge in [-0.25, -0.2) is 0 Å². The highest BCUT2D eigenvalue weighted by atomic mass is 35.5. The number of aryl methyl sites for hydroxylation is 1. The van der Waals surface area contributed by atoms with E-state index in [0.717, 1.165) is 24.5 Å². The van der Waals surface area contributed by atoms with E-state index in [1.165, 1.54) is 28.6 Å². The molecule has 0 radical (unpaired) electrons. The van der Waals surface area contributed by atoms with Crippen LogP contribution in [0.4, 0.5) is 0 Å². The van der Waals surface area contributed by atoms with Crippen LogP contribution in [-0.2, 0) is 19.5 Å². The van der Waals surface area contributed by atoms with Crippen LogP contribution in [0.3, 0.4) is 0 Å². The van der Waals surface area contributed by atoms with Crippen LogP contribution in [0.2, 0.25) is 5.02 Å². The minimum atomic E-state index is 0.527. The standard InChI is InChI=1S/C19H19ClN2/c20-16-6-9-19-15(10-16)11-18-8-7-17(13-22(18)19)21-12-14-4-2-1-3-5-14/h1-6,9-11,17,21H,7-8,12-13H2. The summed E-state index contributed by atoms with van der Waals surface area (Å²) in [5.41, 5.74) is 4.07. The van der Waals surface area contributed by atoms with Crippen LogP contribution in [0.1, 0.15) is 17.7 Å². The Hall–Kier alpha value is -1.77. The van der Waals surface area contributed by atoms with E-state index in [1.807, 2.05) is 6.07 Å². The fraction of sp³-hybridized carbons (Fsp3) is 0.263. The number of rotatable bonds is 3. The molecular weight excluding hydrogens is 292 g/mol. The monoisotopic (exact) mass is 310 g/mol. The van der Waals surface area contributed by atoms with E-state index in [2.05, 4.69) is 58.4 Å². The highest BCUT2D eigenvalue weighted by molar-refractivity contribution is 6.31. The van der Waals surface area contributed by atoms with Crippen molar-refractivity contribution in [2.45, 2.75) is 32.0 Å².